The number of aromatic nitrogens is 3. The topological polar surface area (TPSA) is 77.3 Å². The maximum Gasteiger partial charge on any atom is 0.246 e. The van der Waals surface area contributed by atoms with E-state index in [2.05, 4.69) is 10.2 Å². The Morgan fingerprint density at radius 2 is 1.78 bits per heavy atom. The molecule has 0 atom stereocenters. The lowest BCUT2D eigenvalue weighted by Gasteiger charge is -2.32. The molecule has 0 saturated heterocycles. The molecule has 27 heavy (non-hydrogen) atoms. The largest absolute Gasteiger partial charge is 0.494 e. The summed E-state index contributed by atoms with van der Waals surface area (Å²) in [7, 11) is 0. The van der Waals surface area contributed by atoms with E-state index in [1.807, 2.05) is 38.1 Å². The Balaban J connectivity index is 2.21. The number of fused-ring (bicyclic) bond motifs is 1. The molecule has 0 spiro atoms. The normalized spacial score (nSPS) is 13.6. The van der Waals surface area contributed by atoms with Crippen molar-refractivity contribution in [3.8, 4) is 5.75 Å². The molecular formula is C19H22N4O3S. The van der Waals surface area contributed by atoms with Gasteiger partial charge in [0.2, 0.25) is 11.1 Å². The molecule has 0 saturated carbocycles. The van der Waals surface area contributed by atoms with E-state index in [9.17, 15) is 9.59 Å². The fraction of sp³-hybridized carbons (Fsp3) is 0.368. The van der Waals surface area contributed by atoms with Crippen LogP contribution in [0.1, 0.15) is 45.0 Å². The minimum absolute atomic E-state index is 0.0373. The molecule has 2 aromatic rings. The number of ketones is 1. The highest BCUT2D eigenvalue weighted by Crippen LogP contribution is 2.40. The third-order valence-corrected chi connectivity index (χ3v) is 5.20. The second kappa shape index (κ2) is 7.96. The van der Waals surface area contributed by atoms with Crippen LogP contribution < -0.4 is 9.75 Å². The Hall–Kier alpha value is -2.61. The Morgan fingerprint density at radius 1 is 1.07 bits per heavy atom. The first-order valence-corrected chi connectivity index (χ1v) is 9.77. The SMILES string of the molecule is CCOc1ccc(C2=C(C(=O)CC)Sc3nnc(C)n3N2C(=O)CC)cc1. The van der Waals surface area contributed by atoms with Gasteiger partial charge in [0, 0.05) is 18.4 Å². The maximum absolute atomic E-state index is 12.9. The highest BCUT2D eigenvalue weighted by atomic mass is 32.2. The lowest BCUT2D eigenvalue weighted by atomic mass is 10.1. The van der Waals surface area contributed by atoms with Crippen LogP contribution in [0.2, 0.25) is 0 Å². The van der Waals surface area contributed by atoms with Gasteiger partial charge in [-0.05, 0) is 49.9 Å². The first-order valence-electron chi connectivity index (χ1n) is 8.95. The van der Waals surface area contributed by atoms with E-state index < -0.39 is 0 Å². The fourth-order valence-electron chi connectivity index (χ4n) is 2.83. The number of ether oxygens (including phenoxy) is 1. The number of hydrogen-bond acceptors (Lipinski definition) is 6. The summed E-state index contributed by atoms with van der Waals surface area (Å²) in [4.78, 5) is 26.1. The van der Waals surface area contributed by atoms with Crippen LogP contribution in [0.15, 0.2) is 34.3 Å². The van der Waals surface area contributed by atoms with E-state index in [0.717, 1.165) is 11.3 Å². The number of benzene rings is 1. The molecule has 2 heterocycles. The number of amides is 1. The zero-order valence-corrected chi connectivity index (χ0v) is 16.7. The average Bonchev–Trinajstić information content (AvgIpc) is 3.07. The third kappa shape index (κ3) is 3.49. The third-order valence-electron chi connectivity index (χ3n) is 4.14. The molecule has 1 aromatic carbocycles. The summed E-state index contributed by atoms with van der Waals surface area (Å²) >= 11 is 1.25. The summed E-state index contributed by atoms with van der Waals surface area (Å²) in [5.41, 5.74) is 1.33. The minimum atomic E-state index is -0.135. The van der Waals surface area contributed by atoms with Crippen molar-refractivity contribution in [3.05, 3.63) is 40.6 Å². The zero-order chi connectivity index (χ0) is 19.6. The van der Waals surface area contributed by atoms with Gasteiger partial charge in [-0.15, -0.1) is 10.2 Å². The van der Waals surface area contributed by atoms with Crippen molar-refractivity contribution in [2.45, 2.75) is 45.7 Å². The lowest BCUT2D eigenvalue weighted by molar-refractivity contribution is -0.119. The van der Waals surface area contributed by atoms with Gasteiger partial charge in [-0.2, -0.15) is 0 Å². The molecule has 0 fully saturated rings. The van der Waals surface area contributed by atoms with Gasteiger partial charge in [0.15, 0.2) is 11.6 Å². The van der Waals surface area contributed by atoms with E-state index >= 15 is 0 Å². The minimum Gasteiger partial charge on any atom is -0.494 e. The molecule has 1 aliphatic heterocycles. The van der Waals surface area contributed by atoms with E-state index in [1.165, 1.54) is 16.8 Å². The van der Waals surface area contributed by atoms with Gasteiger partial charge in [0.25, 0.3) is 0 Å². The number of carbonyl (C=O) groups excluding carboxylic acids is 2. The van der Waals surface area contributed by atoms with Crippen molar-refractivity contribution >= 4 is 29.1 Å². The fourth-order valence-corrected chi connectivity index (χ4v) is 3.96. The molecular weight excluding hydrogens is 364 g/mol. The van der Waals surface area contributed by atoms with Crippen LogP contribution in [-0.4, -0.2) is 33.2 Å². The van der Waals surface area contributed by atoms with Crippen molar-refractivity contribution in [3.63, 3.8) is 0 Å². The van der Waals surface area contributed by atoms with Crippen molar-refractivity contribution in [2.24, 2.45) is 0 Å². The summed E-state index contributed by atoms with van der Waals surface area (Å²) in [6.45, 7) is 7.88. The second-order valence-electron chi connectivity index (χ2n) is 5.91. The summed E-state index contributed by atoms with van der Waals surface area (Å²) in [5.74, 6) is 1.16. The maximum atomic E-state index is 12.9. The Kier molecular flexibility index (Phi) is 5.65. The van der Waals surface area contributed by atoms with Crippen LogP contribution in [0.25, 0.3) is 5.70 Å². The van der Waals surface area contributed by atoms with Gasteiger partial charge in [-0.1, -0.05) is 13.8 Å². The number of carbonyl (C=O) groups is 2. The second-order valence-corrected chi connectivity index (χ2v) is 6.89. The molecule has 3 rings (SSSR count). The lowest BCUT2D eigenvalue weighted by Crippen LogP contribution is -2.42. The van der Waals surface area contributed by atoms with Crippen LogP contribution in [-0.2, 0) is 9.59 Å². The van der Waals surface area contributed by atoms with Crippen molar-refractivity contribution in [1.29, 1.82) is 0 Å². The number of allylic oxidation sites excluding steroid dienone is 1. The molecule has 0 bridgehead atoms. The number of rotatable bonds is 6. The predicted octanol–water partition coefficient (Wildman–Crippen LogP) is 3.31. The number of aryl methyl sites for hydroxylation is 1. The molecule has 1 amide bonds. The van der Waals surface area contributed by atoms with E-state index in [-0.39, 0.29) is 18.1 Å². The van der Waals surface area contributed by atoms with Gasteiger partial charge in [0.05, 0.1) is 17.2 Å². The van der Waals surface area contributed by atoms with E-state index in [0.29, 0.717) is 34.6 Å². The van der Waals surface area contributed by atoms with Gasteiger partial charge in [-0.25, -0.2) is 9.69 Å². The number of thioether (sulfide) groups is 1. The van der Waals surface area contributed by atoms with Crippen LogP contribution in [0.4, 0.5) is 0 Å². The first-order chi connectivity index (χ1) is 13.0. The molecule has 142 valence electrons. The summed E-state index contributed by atoms with van der Waals surface area (Å²) < 4.78 is 7.18. The van der Waals surface area contributed by atoms with Gasteiger partial charge >= 0.3 is 0 Å². The molecule has 8 heteroatoms. The molecule has 0 N–H and O–H groups in total. The average molecular weight is 386 g/mol. The highest BCUT2D eigenvalue weighted by Gasteiger charge is 2.35. The molecule has 0 radical (unpaired) electrons. The van der Waals surface area contributed by atoms with E-state index in [4.69, 9.17) is 4.74 Å². The van der Waals surface area contributed by atoms with Gasteiger partial charge in [0.1, 0.15) is 5.75 Å². The molecule has 1 aliphatic rings. The molecule has 0 aliphatic carbocycles. The number of Topliss-reactive ketones (excluding diaryl/α,β-unsaturated/α-hetero) is 1. The van der Waals surface area contributed by atoms with Gasteiger partial charge in [-0.3, -0.25) is 9.59 Å². The molecule has 1 aromatic heterocycles. The van der Waals surface area contributed by atoms with Crippen molar-refractivity contribution < 1.29 is 14.3 Å². The van der Waals surface area contributed by atoms with Crippen molar-refractivity contribution in [2.75, 3.05) is 11.6 Å². The smallest absolute Gasteiger partial charge is 0.246 e. The highest BCUT2D eigenvalue weighted by molar-refractivity contribution is 8.04. The van der Waals surface area contributed by atoms with E-state index in [1.54, 1.807) is 18.5 Å². The monoisotopic (exact) mass is 386 g/mol. The Morgan fingerprint density at radius 3 is 2.37 bits per heavy atom. The Bertz CT molecular complexity index is 902. The van der Waals surface area contributed by atoms with Crippen molar-refractivity contribution in [1.82, 2.24) is 14.9 Å². The summed E-state index contributed by atoms with van der Waals surface area (Å²) in [6, 6.07) is 7.41. The van der Waals surface area contributed by atoms with Gasteiger partial charge < -0.3 is 4.74 Å². The van der Waals surface area contributed by atoms with Crippen LogP contribution in [0, 0.1) is 6.92 Å². The number of nitrogens with zero attached hydrogens (tertiary/aromatic N) is 4. The summed E-state index contributed by atoms with van der Waals surface area (Å²) in [5, 5.41) is 10.3. The standard InChI is InChI=1S/C19H22N4O3S/c1-5-15(24)18-17(13-8-10-14(11-9-13)26-7-3)23(16(25)6-2)22-12(4)20-21-19(22)27-18/h8-11H,5-7H2,1-4H3. The molecule has 0 unspecified atom stereocenters. The quantitative estimate of drug-likeness (QED) is 0.758. The first kappa shape index (κ1) is 19.2. The zero-order valence-electron chi connectivity index (χ0n) is 15.9. The molecule has 7 nitrogen and oxygen atoms in total. The Labute approximate surface area is 162 Å². The van der Waals surface area contributed by atoms with Crippen LogP contribution in [0.3, 0.4) is 0 Å². The van der Waals surface area contributed by atoms with Crippen LogP contribution >= 0.6 is 11.8 Å². The number of hydrogen-bond donors (Lipinski definition) is 0. The van der Waals surface area contributed by atoms with Crippen LogP contribution in [0.5, 0.6) is 5.75 Å². The summed E-state index contributed by atoms with van der Waals surface area (Å²) in [6.07, 6.45) is 0.625. The predicted molar refractivity (Wildman–Crippen MR) is 104 cm³/mol.